The molecule has 7 heteroatoms. The standard InChI is InChI=1S/C23H28ClN5O/c1-15-20(16(2)28(4)25-15)12-29(14-22-21(24)13-27(3)26-22)23(30)19-10-9-17-7-5-6-8-18(17)11-19/h5-8,13,19H,9-12,14H2,1-4H3/t19-/m0/s1. The number of carbonyl (C=O) groups is 1. The average Bonchev–Trinajstić information content (AvgIpc) is 3.17. The topological polar surface area (TPSA) is 56.0 Å². The molecule has 1 aliphatic carbocycles. The minimum absolute atomic E-state index is 0.0281. The van der Waals surface area contributed by atoms with E-state index < -0.39 is 0 Å². The fourth-order valence-electron chi connectivity index (χ4n) is 4.41. The molecule has 1 aliphatic rings. The van der Waals surface area contributed by atoms with Gasteiger partial charge in [0, 0.05) is 44.0 Å². The number of nitrogens with zero attached hydrogens (tertiary/aromatic N) is 5. The van der Waals surface area contributed by atoms with E-state index in [9.17, 15) is 4.79 Å². The van der Waals surface area contributed by atoms with Gasteiger partial charge in [-0.3, -0.25) is 14.2 Å². The summed E-state index contributed by atoms with van der Waals surface area (Å²) in [5, 5.41) is 9.59. The van der Waals surface area contributed by atoms with E-state index in [2.05, 4.69) is 34.5 Å². The van der Waals surface area contributed by atoms with Crippen LogP contribution in [0.2, 0.25) is 5.02 Å². The quantitative estimate of drug-likeness (QED) is 0.625. The lowest BCUT2D eigenvalue weighted by Crippen LogP contribution is -2.38. The first-order valence-corrected chi connectivity index (χ1v) is 10.7. The van der Waals surface area contributed by atoms with Crippen molar-refractivity contribution in [1.82, 2.24) is 24.5 Å². The SMILES string of the molecule is Cc1nn(C)c(C)c1CN(Cc1nn(C)cc1Cl)C(=O)[C@H]1CCc2ccccc2C1. The molecular weight excluding hydrogens is 398 g/mol. The monoisotopic (exact) mass is 425 g/mol. The van der Waals surface area contributed by atoms with Gasteiger partial charge in [0.25, 0.3) is 0 Å². The van der Waals surface area contributed by atoms with Crippen molar-refractivity contribution in [2.75, 3.05) is 0 Å². The lowest BCUT2D eigenvalue weighted by molar-refractivity contribution is -0.137. The fourth-order valence-corrected chi connectivity index (χ4v) is 4.65. The zero-order chi connectivity index (χ0) is 21.4. The minimum Gasteiger partial charge on any atom is -0.332 e. The largest absolute Gasteiger partial charge is 0.332 e. The smallest absolute Gasteiger partial charge is 0.226 e. The number of benzene rings is 1. The molecule has 2 aromatic heterocycles. The molecule has 30 heavy (non-hydrogen) atoms. The van der Waals surface area contributed by atoms with Gasteiger partial charge in [-0.2, -0.15) is 10.2 Å². The first-order chi connectivity index (χ1) is 14.3. The van der Waals surface area contributed by atoms with Gasteiger partial charge in [-0.15, -0.1) is 0 Å². The summed E-state index contributed by atoms with van der Waals surface area (Å²) in [6.07, 6.45) is 4.37. The van der Waals surface area contributed by atoms with Crippen LogP contribution >= 0.6 is 11.6 Å². The zero-order valence-corrected chi connectivity index (χ0v) is 18.8. The van der Waals surface area contributed by atoms with Crippen LogP contribution in [0.1, 0.15) is 40.2 Å². The van der Waals surface area contributed by atoms with Crippen molar-refractivity contribution in [2.45, 2.75) is 46.2 Å². The second-order valence-corrected chi connectivity index (χ2v) is 8.68. The number of aromatic nitrogens is 4. The molecule has 3 aromatic rings. The van der Waals surface area contributed by atoms with Crippen LogP contribution in [-0.4, -0.2) is 30.4 Å². The molecule has 0 fully saturated rings. The Kier molecular flexibility index (Phi) is 5.69. The Morgan fingerprint density at radius 2 is 1.90 bits per heavy atom. The number of hydrogen-bond acceptors (Lipinski definition) is 3. The molecule has 0 aliphatic heterocycles. The lowest BCUT2D eigenvalue weighted by atomic mass is 9.83. The second kappa shape index (κ2) is 8.26. The fraction of sp³-hybridized carbons (Fsp3) is 0.435. The van der Waals surface area contributed by atoms with Crippen molar-refractivity contribution in [2.24, 2.45) is 20.0 Å². The van der Waals surface area contributed by atoms with Crippen LogP contribution in [0.5, 0.6) is 0 Å². The molecule has 0 N–H and O–H groups in total. The zero-order valence-electron chi connectivity index (χ0n) is 18.0. The maximum atomic E-state index is 13.7. The van der Waals surface area contributed by atoms with Crippen LogP contribution in [0.4, 0.5) is 0 Å². The summed E-state index contributed by atoms with van der Waals surface area (Å²) in [6.45, 7) is 4.94. The van der Waals surface area contributed by atoms with Crippen molar-refractivity contribution in [3.05, 3.63) is 69.3 Å². The van der Waals surface area contributed by atoms with Gasteiger partial charge in [-0.1, -0.05) is 35.9 Å². The number of aryl methyl sites for hydroxylation is 4. The van der Waals surface area contributed by atoms with Gasteiger partial charge in [0.15, 0.2) is 0 Å². The summed E-state index contributed by atoms with van der Waals surface area (Å²) in [4.78, 5) is 15.6. The highest BCUT2D eigenvalue weighted by Crippen LogP contribution is 2.29. The van der Waals surface area contributed by atoms with Crippen LogP contribution in [-0.2, 0) is 44.8 Å². The van der Waals surface area contributed by atoms with Gasteiger partial charge in [0.2, 0.25) is 5.91 Å². The van der Waals surface area contributed by atoms with E-state index in [-0.39, 0.29) is 11.8 Å². The highest BCUT2D eigenvalue weighted by molar-refractivity contribution is 6.31. The summed E-state index contributed by atoms with van der Waals surface area (Å²) >= 11 is 6.38. The van der Waals surface area contributed by atoms with Gasteiger partial charge in [0.05, 0.1) is 17.3 Å². The number of halogens is 1. The van der Waals surface area contributed by atoms with Crippen LogP contribution < -0.4 is 0 Å². The Bertz CT molecular complexity index is 1080. The Labute approximate surface area is 182 Å². The van der Waals surface area contributed by atoms with E-state index in [1.807, 2.05) is 37.5 Å². The Balaban J connectivity index is 1.62. The summed E-state index contributed by atoms with van der Waals surface area (Å²) in [7, 11) is 3.78. The summed E-state index contributed by atoms with van der Waals surface area (Å²) < 4.78 is 3.57. The van der Waals surface area contributed by atoms with Crippen molar-refractivity contribution < 1.29 is 4.79 Å². The van der Waals surface area contributed by atoms with Gasteiger partial charge < -0.3 is 4.90 Å². The van der Waals surface area contributed by atoms with Crippen LogP contribution in [0, 0.1) is 19.8 Å². The Hall–Kier alpha value is -2.60. The van der Waals surface area contributed by atoms with Gasteiger partial charge in [-0.05, 0) is 44.2 Å². The molecular formula is C23H28ClN5O. The average molecular weight is 426 g/mol. The highest BCUT2D eigenvalue weighted by Gasteiger charge is 2.30. The predicted octanol–water partition coefficient (Wildman–Crippen LogP) is 3.76. The summed E-state index contributed by atoms with van der Waals surface area (Å²) in [5.41, 5.74) is 6.49. The molecule has 1 amide bonds. The maximum Gasteiger partial charge on any atom is 0.226 e. The molecule has 1 aromatic carbocycles. The van der Waals surface area contributed by atoms with Crippen molar-refractivity contribution in [3.8, 4) is 0 Å². The van der Waals surface area contributed by atoms with E-state index in [4.69, 9.17) is 11.6 Å². The van der Waals surface area contributed by atoms with Crippen molar-refractivity contribution in [3.63, 3.8) is 0 Å². The van der Waals surface area contributed by atoms with Crippen LogP contribution in [0.25, 0.3) is 0 Å². The molecule has 0 saturated carbocycles. The van der Waals surface area contributed by atoms with E-state index in [1.165, 1.54) is 11.1 Å². The third-order valence-corrected chi connectivity index (χ3v) is 6.53. The molecule has 158 valence electrons. The number of amides is 1. The molecule has 0 saturated heterocycles. The van der Waals surface area contributed by atoms with Gasteiger partial charge in [0.1, 0.15) is 5.69 Å². The van der Waals surface area contributed by atoms with Crippen LogP contribution in [0.15, 0.2) is 30.5 Å². The van der Waals surface area contributed by atoms with E-state index in [0.29, 0.717) is 18.1 Å². The summed E-state index contributed by atoms with van der Waals surface area (Å²) in [6, 6.07) is 8.44. The molecule has 2 heterocycles. The third-order valence-electron chi connectivity index (χ3n) is 6.21. The third kappa shape index (κ3) is 4.01. The van der Waals surface area contributed by atoms with Crippen molar-refractivity contribution in [1.29, 1.82) is 0 Å². The molecule has 0 radical (unpaired) electrons. The van der Waals surface area contributed by atoms with Crippen LogP contribution in [0.3, 0.4) is 0 Å². The van der Waals surface area contributed by atoms with Gasteiger partial charge >= 0.3 is 0 Å². The Morgan fingerprint density at radius 1 is 1.17 bits per heavy atom. The number of carbonyl (C=O) groups excluding carboxylic acids is 1. The minimum atomic E-state index is -0.0281. The summed E-state index contributed by atoms with van der Waals surface area (Å²) in [5.74, 6) is 0.133. The molecule has 0 spiro atoms. The first-order valence-electron chi connectivity index (χ1n) is 10.4. The second-order valence-electron chi connectivity index (χ2n) is 8.27. The molecule has 0 bridgehead atoms. The predicted molar refractivity (Wildman–Crippen MR) is 117 cm³/mol. The van der Waals surface area contributed by atoms with E-state index >= 15 is 0 Å². The van der Waals surface area contributed by atoms with Gasteiger partial charge in [-0.25, -0.2) is 0 Å². The molecule has 6 nitrogen and oxygen atoms in total. The molecule has 4 rings (SSSR count). The lowest BCUT2D eigenvalue weighted by Gasteiger charge is -2.30. The highest BCUT2D eigenvalue weighted by atomic mass is 35.5. The number of fused-ring (bicyclic) bond motifs is 1. The molecule has 0 unspecified atom stereocenters. The normalized spacial score (nSPS) is 15.8. The Morgan fingerprint density at radius 3 is 2.53 bits per heavy atom. The maximum absolute atomic E-state index is 13.7. The number of rotatable bonds is 5. The molecule has 1 atom stereocenters. The first kappa shape index (κ1) is 20.7. The van der Waals surface area contributed by atoms with Crippen molar-refractivity contribution >= 4 is 17.5 Å². The van der Waals surface area contributed by atoms with E-state index in [1.54, 1.807) is 10.9 Å². The van der Waals surface area contributed by atoms with E-state index in [0.717, 1.165) is 41.9 Å². The number of hydrogen-bond donors (Lipinski definition) is 0.